The number of rotatable bonds is 10. The van der Waals surface area contributed by atoms with Crippen LogP contribution in [-0.2, 0) is 25.9 Å². The first-order valence-electron chi connectivity index (χ1n) is 15.8. The summed E-state index contributed by atoms with van der Waals surface area (Å²) in [4.78, 5) is 26.1. The van der Waals surface area contributed by atoms with Crippen molar-refractivity contribution in [2.45, 2.75) is 85.2 Å². The number of benzene rings is 2. The van der Waals surface area contributed by atoms with Crippen molar-refractivity contribution in [1.82, 2.24) is 19.6 Å². The van der Waals surface area contributed by atoms with Gasteiger partial charge in [0.1, 0.15) is 0 Å². The van der Waals surface area contributed by atoms with Crippen molar-refractivity contribution in [3.63, 3.8) is 0 Å². The fourth-order valence-corrected chi connectivity index (χ4v) is 6.96. The van der Waals surface area contributed by atoms with E-state index in [1.807, 2.05) is 36.4 Å². The van der Waals surface area contributed by atoms with Crippen LogP contribution in [0.25, 0.3) is 22.5 Å². The van der Waals surface area contributed by atoms with E-state index < -0.39 is 0 Å². The summed E-state index contributed by atoms with van der Waals surface area (Å²) in [6.07, 6.45) is 7.18. The minimum atomic E-state index is 0.230. The standard InChI is InChI=1S/C36H42N4O2/c1-24(12-10-18-39-35(27-14-6-4-7-15-27)33-29(37-39)20-25(2)22-31(33)41)13-11-19-40-36(28-16-8-5-9-17-28)34-30(38-40)21-26(3)23-32(34)42/h4-9,14-17,24-26H,10-13,18-23H2,1-3H3/t24?,25-,26+. The van der Waals surface area contributed by atoms with E-state index in [1.165, 1.54) is 0 Å². The molecule has 2 heterocycles. The van der Waals surface area contributed by atoms with Gasteiger partial charge in [-0.3, -0.25) is 19.0 Å². The predicted molar refractivity (Wildman–Crippen MR) is 167 cm³/mol. The van der Waals surface area contributed by atoms with Crippen LogP contribution in [0.2, 0.25) is 0 Å². The van der Waals surface area contributed by atoms with Gasteiger partial charge < -0.3 is 0 Å². The van der Waals surface area contributed by atoms with Crippen LogP contribution in [0.15, 0.2) is 60.7 Å². The summed E-state index contributed by atoms with van der Waals surface area (Å²) in [6, 6.07) is 20.5. The lowest BCUT2D eigenvalue weighted by atomic mass is 9.86. The van der Waals surface area contributed by atoms with Gasteiger partial charge in [-0.2, -0.15) is 10.2 Å². The van der Waals surface area contributed by atoms with Crippen LogP contribution < -0.4 is 0 Å². The van der Waals surface area contributed by atoms with Crippen LogP contribution in [0, 0.1) is 17.8 Å². The number of aryl methyl sites for hydroxylation is 2. The number of ketones is 2. The molecule has 6 heteroatoms. The summed E-state index contributed by atoms with van der Waals surface area (Å²) in [5.74, 6) is 1.72. The Balaban J connectivity index is 1.11. The molecule has 2 aromatic carbocycles. The first-order valence-corrected chi connectivity index (χ1v) is 15.8. The van der Waals surface area contributed by atoms with E-state index in [0.717, 1.165) is 96.6 Å². The average Bonchev–Trinajstić information content (AvgIpc) is 3.52. The first kappa shape index (κ1) is 28.3. The fourth-order valence-electron chi connectivity index (χ4n) is 6.96. The highest BCUT2D eigenvalue weighted by molar-refractivity contribution is 6.04. The van der Waals surface area contributed by atoms with E-state index in [2.05, 4.69) is 54.4 Å². The fraction of sp³-hybridized carbons (Fsp3) is 0.444. The molecule has 0 N–H and O–H groups in total. The second-order valence-corrected chi connectivity index (χ2v) is 12.8. The molecule has 1 unspecified atom stereocenters. The molecule has 0 bridgehead atoms. The van der Waals surface area contributed by atoms with E-state index >= 15 is 0 Å². The second-order valence-electron chi connectivity index (χ2n) is 12.8. The van der Waals surface area contributed by atoms with Crippen LogP contribution in [0.1, 0.15) is 91.4 Å². The first-order chi connectivity index (χ1) is 20.4. The van der Waals surface area contributed by atoms with Crippen molar-refractivity contribution in [2.24, 2.45) is 17.8 Å². The molecule has 6 nitrogen and oxygen atoms in total. The van der Waals surface area contributed by atoms with Crippen molar-refractivity contribution in [2.75, 3.05) is 0 Å². The topological polar surface area (TPSA) is 69.8 Å². The summed E-state index contributed by atoms with van der Waals surface area (Å²) in [5.41, 5.74) is 7.76. The number of fused-ring (bicyclic) bond motifs is 2. The number of carbonyl (C=O) groups is 2. The van der Waals surface area contributed by atoms with Crippen molar-refractivity contribution >= 4 is 11.6 Å². The molecule has 6 rings (SSSR count). The molecule has 218 valence electrons. The Labute approximate surface area is 249 Å². The molecule has 2 aliphatic carbocycles. The number of carbonyl (C=O) groups excluding carboxylic acids is 2. The third kappa shape index (κ3) is 5.77. The van der Waals surface area contributed by atoms with Crippen LogP contribution in [-0.4, -0.2) is 31.1 Å². The molecule has 2 aromatic heterocycles. The largest absolute Gasteiger partial charge is 0.294 e. The zero-order valence-corrected chi connectivity index (χ0v) is 25.2. The Morgan fingerprint density at radius 2 is 1.07 bits per heavy atom. The van der Waals surface area contributed by atoms with Gasteiger partial charge in [0.05, 0.1) is 33.9 Å². The summed E-state index contributed by atoms with van der Waals surface area (Å²) in [7, 11) is 0. The lowest BCUT2D eigenvalue weighted by Gasteiger charge is -2.17. The molecular weight excluding hydrogens is 520 g/mol. The third-order valence-corrected chi connectivity index (χ3v) is 8.99. The van der Waals surface area contributed by atoms with Gasteiger partial charge in [-0.15, -0.1) is 0 Å². The highest BCUT2D eigenvalue weighted by Crippen LogP contribution is 2.35. The van der Waals surface area contributed by atoms with Gasteiger partial charge >= 0.3 is 0 Å². The van der Waals surface area contributed by atoms with Crippen molar-refractivity contribution in [1.29, 1.82) is 0 Å². The number of hydrogen-bond acceptors (Lipinski definition) is 4. The highest BCUT2D eigenvalue weighted by Gasteiger charge is 2.32. The Kier molecular flexibility index (Phi) is 8.23. The maximum absolute atomic E-state index is 13.1. The molecule has 0 radical (unpaired) electrons. The minimum absolute atomic E-state index is 0.230. The zero-order chi connectivity index (χ0) is 29.2. The molecule has 0 saturated heterocycles. The molecule has 2 aliphatic rings. The molecule has 0 fully saturated rings. The lowest BCUT2D eigenvalue weighted by molar-refractivity contribution is 0.0945. The lowest BCUT2D eigenvalue weighted by Crippen LogP contribution is -2.17. The molecule has 42 heavy (non-hydrogen) atoms. The smallest absolute Gasteiger partial charge is 0.167 e. The molecule has 4 aromatic rings. The molecule has 0 aliphatic heterocycles. The molecule has 0 amide bonds. The Morgan fingerprint density at radius 1 is 0.667 bits per heavy atom. The van der Waals surface area contributed by atoms with Gasteiger partial charge in [0.2, 0.25) is 0 Å². The van der Waals surface area contributed by atoms with Crippen molar-refractivity contribution in [3.8, 4) is 22.5 Å². The summed E-state index contributed by atoms with van der Waals surface area (Å²) >= 11 is 0. The Hall–Kier alpha value is -3.80. The molecule has 0 spiro atoms. The van der Waals surface area contributed by atoms with E-state index in [4.69, 9.17) is 10.2 Å². The number of nitrogens with zero attached hydrogens (tertiary/aromatic N) is 4. The van der Waals surface area contributed by atoms with Gasteiger partial charge in [0, 0.05) is 37.1 Å². The van der Waals surface area contributed by atoms with E-state index in [1.54, 1.807) is 0 Å². The number of aromatic nitrogens is 4. The van der Waals surface area contributed by atoms with Gasteiger partial charge in [0.15, 0.2) is 11.6 Å². The predicted octanol–water partition coefficient (Wildman–Crippen LogP) is 7.84. The van der Waals surface area contributed by atoms with Crippen molar-refractivity contribution < 1.29 is 9.59 Å². The molecule has 0 saturated carbocycles. The second kappa shape index (κ2) is 12.2. The average molecular weight is 563 g/mol. The minimum Gasteiger partial charge on any atom is -0.294 e. The van der Waals surface area contributed by atoms with Crippen molar-refractivity contribution in [3.05, 3.63) is 83.2 Å². The molecular formula is C36H42N4O2. The quantitative estimate of drug-likeness (QED) is 0.197. The number of hydrogen-bond donors (Lipinski definition) is 0. The van der Waals surface area contributed by atoms with E-state index in [9.17, 15) is 9.59 Å². The number of Topliss-reactive ketones (excluding diaryl/α,β-unsaturated/α-hetero) is 2. The van der Waals surface area contributed by atoms with E-state index in [0.29, 0.717) is 30.6 Å². The zero-order valence-electron chi connectivity index (χ0n) is 25.2. The third-order valence-electron chi connectivity index (χ3n) is 8.99. The Morgan fingerprint density at radius 3 is 1.48 bits per heavy atom. The summed E-state index contributed by atoms with van der Waals surface area (Å²) in [6.45, 7) is 8.24. The SMILES string of the molecule is CC(CCCn1nc2c(c1-c1ccccc1)C(=O)C[C@@H](C)C2)CCCn1nc2c(c1-c1ccccc1)C(=O)C[C@H](C)C2. The van der Waals surface area contributed by atoms with Crippen LogP contribution in [0.5, 0.6) is 0 Å². The monoisotopic (exact) mass is 562 g/mol. The van der Waals surface area contributed by atoms with Gasteiger partial charge in [-0.25, -0.2) is 0 Å². The maximum Gasteiger partial charge on any atom is 0.167 e. The summed E-state index contributed by atoms with van der Waals surface area (Å²) in [5, 5.41) is 9.93. The molecule has 3 atom stereocenters. The highest BCUT2D eigenvalue weighted by atomic mass is 16.1. The van der Waals surface area contributed by atoms with E-state index in [-0.39, 0.29) is 11.6 Å². The van der Waals surface area contributed by atoms with Gasteiger partial charge in [-0.05, 0) is 56.3 Å². The van der Waals surface area contributed by atoms with Gasteiger partial charge in [-0.1, -0.05) is 81.4 Å². The Bertz CT molecular complexity index is 1450. The maximum atomic E-state index is 13.1. The van der Waals surface area contributed by atoms with Gasteiger partial charge in [0.25, 0.3) is 0 Å². The van der Waals surface area contributed by atoms with Crippen LogP contribution >= 0.6 is 0 Å². The summed E-state index contributed by atoms with van der Waals surface area (Å²) < 4.78 is 4.20. The normalized spacial score (nSPS) is 19.0. The van der Waals surface area contributed by atoms with Crippen LogP contribution in [0.4, 0.5) is 0 Å². The van der Waals surface area contributed by atoms with Crippen LogP contribution in [0.3, 0.4) is 0 Å².